The van der Waals surface area contributed by atoms with E-state index in [9.17, 15) is 0 Å². The van der Waals surface area contributed by atoms with Crippen molar-refractivity contribution in [1.82, 2.24) is 5.32 Å². The number of nitrogens with one attached hydrogen (secondary N) is 1. The molecule has 1 fully saturated rings. The van der Waals surface area contributed by atoms with Crippen LogP contribution in [0, 0.1) is 0 Å². The second-order valence-electron chi connectivity index (χ2n) is 6.21. The third kappa shape index (κ3) is 4.03. The van der Waals surface area contributed by atoms with Gasteiger partial charge in [-0.15, -0.1) is 0 Å². The number of hydrogen-bond donors (Lipinski definition) is 1. The van der Waals surface area contributed by atoms with Gasteiger partial charge in [-0.25, -0.2) is 0 Å². The third-order valence-corrected chi connectivity index (χ3v) is 5.03. The lowest BCUT2D eigenvalue weighted by molar-refractivity contribution is 0.531. The van der Waals surface area contributed by atoms with E-state index < -0.39 is 0 Å². The Balaban J connectivity index is 1.86. The molecule has 1 aromatic rings. The zero-order chi connectivity index (χ0) is 13.0. The zero-order valence-corrected chi connectivity index (χ0v) is 12.6. The van der Waals surface area contributed by atoms with Gasteiger partial charge in [0.2, 0.25) is 0 Å². The van der Waals surface area contributed by atoms with Crippen LogP contribution in [-0.2, 0) is 11.2 Å². The summed E-state index contributed by atoms with van der Waals surface area (Å²) >= 11 is 2.12. The average molecular weight is 263 g/mol. The van der Waals surface area contributed by atoms with Gasteiger partial charge in [0.15, 0.2) is 0 Å². The van der Waals surface area contributed by atoms with Gasteiger partial charge in [-0.3, -0.25) is 0 Å². The number of piperidine rings is 1. The highest BCUT2D eigenvalue weighted by molar-refractivity contribution is 7.99. The van der Waals surface area contributed by atoms with Crippen molar-refractivity contribution in [3.8, 4) is 0 Å². The molecule has 0 aromatic heterocycles. The molecule has 0 aliphatic carbocycles. The molecule has 2 heteroatoms. The van der Waals surface area contributed by atoms with E-state index in [1.165, 1.54) is 37.1 Å². The Labute approximate surface area is 116 Å². The van der Waals surface area contributed by atoms with E-state index >= 15 is 0 Å². The fraction of sp³-hybridized carbons (Fsp3) is 0.625. The first-order chi connectivity index (χ1) is 8.55. The second-order valence-corrected chi connectivity index (χ2v) is 7.50. The summed E-state index contributed by atoms with van der Waals surface area (Å²) in [7, 11) is 0. The van der Waals surface area contributed by atoms with Crippen LogP contribution in [0.25, 0.3) is 0 Å². The van der Waals surface area contributed by atoms with Gasteiger partial charge >= 0.3 is 0 Å². The summed E-state index contributed by atoms with van der Waals surface area (Å²) in [6.07, 6.45) is 2.65. The quantitative estimate of drug-likeness (QED) is 0.885. The predicted octanol–water partition coefficient (Wildman–Crippen LogP) is 3.97. The summed E-state index contributed by atoms with van der Waals surface area (Å²) in [5.41, 5.74) is 3.16. The Hall–Kier alpha value is -0.470. The van der Waals surface area contributed by atoms with Crippen LogP contribution in [0.15, 0.2) is 24.3 Å². The van der Waals surface area contributed by atoms with Crippen molar-refractivity contribution in [1.29, 1.82) is 0 Å². The second kappa shape index (κ2) is 6.12. The highest BCUT2D eigenvalue weighted by atomic mass is 32.2. The number of thioether (sulfide) groups is 1. The first kappa shape index (κ1) is 14.0. The van der Waals surface area contributed by atoms with Crippen LogP contribution in [0.3, 0.4) is 0 Å². The molecule has 1 saturated heterocycles. The molecule has 0 spiro atoms. The van der Waals surface area contributed by atoms with Crippen molar-refractivity contribution >= 4 is 11.8 Å². The Morgan fingerprint density at radius 1 is 1.11 bits per heavy atom. The molecule has 18 heavy (non-hydrogen) atoms. The maximum absolute atomic E-state index is 3.42. The van der Waals surface area contributed by atoms with Gasteiger partial charge < -0.3 is 5.32 Å². The van der Waals surface area contributed by atoms with Crippen LogP contribution in [0.5, 0.6) is 0 Å². The van der Waals surface area contributed by atoms with Crippen LogP contribution >= 0.6 is 11.8 Å². The fourth-order valence-electron chi connectivity index (χ4n) is 2.28. The van der Waals surface area contributed by atoms with Gasteiger partial charge in [0.25, 0.3) is 0 Å². The molecule has 0 atom stereocenters. The molecular weight excluding hydrogens is 238 g/mol. The minimum atomic E-state index is 0.265. The lowest BCUT2D eigenvalue weighted by Crippen LogP contribution is -2.29. The van der Waals surface area contributed by atoms with Crippen molar-refractivity contribution in [2.45, 2.75) is 50.0 Å². The molecule has 0 bridgehead atoms. The highest BCUT2D eigenvalue weighted by Gasteiger charge is 2.14. The normalized spacial score (nSPS) is 17.9. The first-order valence-electron chi connectivity index (χ1n) is 6.97. The van der Waals surface area contributed by atoms with Crippen LogP contribution in [0.2, 0.25) is 0 Å². The summed E-state index contributed by atoms with van der Waals surface area (Å²) in [4.78, 5) is 0. The molecule has 0 saturated carbocycles. The Morgan fingerprint density at radius 2 is 1.72 bits per heavy atom. The van der Waals surface area contributed by atoms with Crippen molar-refractivity contribution in [2.75, 3.05) is 13.1 Å². The maximum atomic E-state index is 3.42. The maximum Gasteiger partial charge on any atom is 0.0187 e. The van der Waals surface area contributed by atoms with E-state index in [4.69, 9.17) is 0 Å². The topological polar surface area (TPSA) is 12.0 Å². The van der Waals surface area contributed by atoms with E-state index in [-0.39, 0.29) is 5.41 Å². The smallest absolute Gasteiger partial charge is 0.0187 e. The zero-order valence-electron chi connectivity index (χ0n) is 11.8. The minimum Gasteiger partial charge on any atom is -0.317 e. The molecule has 1 nitrogen and oxygen atoms in total. The predicted molar refractivity (Wildman–Crippen MR) is 82.3 cm³/mol. The first-order valence-corrected chi connectivity index (χ1v) is 8.02. The molecular formula is C16H25NS. The van der Waals surface area contributed by atoms with Gasteiger partial charge in [-0.1, -0.05) is 45.0 Å². The number of rotatable bonds is 3. The van der Waals surface area contributed by atoms with Gasteiger partial charge in [-0.05, 0) is 42.5 Å². The highest BCUT2D eigenvalue weighted by Crippen LogP contribution is 2.26. The fourth-order valence-corrected chi connectivity index (χ4v) is 3.47. The molecule has 1 heterocycles. The molecule has 1 aromatic carbocycles. The lowest BCUT2D eigenvalue weighted by atomic mass is 9.87. The van der Waals surface area contributed by atoms with Crippen molar-refractivity contribution < 1.29 is 0 Å². The molecule has 0 unspecified atom stereocenters. The van der Waals surface area contributed by atoms with Crippen molar-refractivity contribution in [3.05, 3.63) is 35.4 Å². The summed E-state index contributed by atoms with van der Waals surface area (Å²) in [5.74, 6) is 1.16. The Bertz CT molecular complexity index is 358. The SMILES string of the molecule is CC(C)(C)c1ccc(CSC2CCNCC2)cc1. The standard InChI is InChI=1S/C16H25NS/c1-16(2,3)14-6-4-13(5-7-14)12-18-15-8-10-17-11-9-15/h4-7,15,17H,8-12H2,1-3H3. The molecule has 1 aliphatic heterocycles. The van der Waals surface area contributed by atoms with E-state index in [0.29, 0.717) is 0 Å². The molecule has 1 aliphatic rings. The summed E-state index contributed by atoms with van der Waals surface area (Å²) in [6, 6.07) is 9.18. The van der Waals surface area contributed by atoms with Gasteiger partial charge in [0, 0.05) is 11.0 Å². The molecule has 0 radical (unpaired) electrons. The van der Waals surface area contributed by atoms with Gasteiger partial charge in [0.1, 0.15) is 0 Å². The summed E-state index contributed by atoms with van der Waals surface area (Å²) in [5, 5.41) is 4.28. The Kier molecular flexibility index (Phi) is 4.74. The molecule has 0 amide bonds. The van der Waals surface area contributed by atoms with Crippen molar-refractivity contribution in [3.63, 3.8) is 0 Å². The van der Waals surface area contributed by atoms with Crippen LogP contribution in [-0.4, -0.2) is 18.3 Å². The number of hydrogen-bond acceptors (Lipinski definition) is 2. The van der Waals surface area contributed by atoms with Crippen molar-refractivity contribution in [2.24, 2.45) is 0 Å². The summed E-state index contributed by atoms with van der Waals surface area (Å²) < 4.78 is 0. The van der Waals surface area contributed by atoms with Gasteiger partial charge in [-0.2, -0.15) is 11.8 Å². The lowest BCUT2D eigenvalue weighted by Gasteiger charge is -2.22. The van der Waals surface area contributed by atoms with Crippen LogP contribution < -0.4 is 5.32 Å². The van der Waals surface area contributed by atoms with Crippen LogP contribution in [0.4, 0.5) is 0 Å². The van der Waals surface area contributed by atoms with E-state index in [2.05, 4.69) is 62.1 Å². The van der Waals surface area contributed by atoms with Gasteiger partial charge in [0.05, 0.1) is 0 Å². The third-order valence-electron chi connectivity index (χ3n) is 3.59. The number of benzene rings is 1. The van der Waals surface area contributed by atoms with E-state index in [0.717, 1.165) is 11.0 Å². The minimum absolute atomic E-state index is 0.265. The van der Waals surface area contributed by atoms with E-state index in [1.54, 1.807) is 0 Å². The average Bonchev–Trinajstić information content (AvgIpc) is 2.37. The van der Waals surface area contributed by atoms with E-state index in [1.807, 2.05) is 0 Å². The monoisotopic (exact) mass is 263 g/mol. The molecule has 1 N–H and O–H groups in total. The Morgan fingerprint density at radius 3 is 2.28 bits per heavy atom. The molecule has 2 rings (SSSR count). The largest absolute Gasteiger partial charge is 0.317 e. The molecule has 100 valence electrons. The summed E-state index contributed by atoms with van der Waals surface area (Å²) in [6.45, 7) is 9.20. The van der Waals surface area contributed by atoms with Crippen LogP contribution in [0.1, 0.15) is 44.7 Å².